The van der Waals surface area contributed by atoms with E-state index in [4.69, 9.17) is 0 Å². The van der Waals surface area contributed by atoms with Gasteiger partial charge in [-0.15, -0.1) is 0 Å². The molecule has 2 aliphatic rings. The Bertz CT molecular complexity index is 1500. The van der Waals surface area contributed by atoms with Crippen molar-refractivity contribution in [3.63, 3.8) is 0 Å². The quantitative estimate of drug-likeness (QED) is 0.256. The minimum absolute atomic E-state index is 0.0133. The maximum Gasteiger partial charge on any atom is 0.416 e. The van der Waals surface area contributed by atoms with E-state index < -0.39 is 57.9 Å². The number of alkyl halides is 3. The molecular weight excluding hydrogens is 531 g/mol. The standard InChI is InChI=1S/C28H22F3N3O6/c29-28(30,31)19-8-4-7-18(13-19)23-21-22(25(36)33(24(21)35)15-17-5-2-1-3-6-17)27(32-23,26(37)38)14-16-9-11-20(12-10-16)34(39)40/h1-13,21-23,32H,14-15H2,(H,37,38). The van der Waals surface area contributed by atoms with Crippen molar-refractivity contribution >= 4 is 23.5 Å². The van der Waals surface area contributed by atoms with Gasteiger partial charge in [-0.2, -0.15) is 13.2 Å². The van der Waals surface area contributed by atoms with E-state index in [1.807, 2.05) is 0 Å². The van der Waals surface area contributed by atoms with Crippen molar-refractivity contribution in [2.45, 2.75) is 30.7 Å². The summed E-state index contributed by atoms with van der Waals surface area (Å²) in [7, 11) is 0. The number of likely N-dealkylation sites (tertiary alicyclic amines) is 1. The van der Waals surface area contributed by atoms with Crippen molar-refractivity contribution in [2.24, 2.45) is 11.8 Å². The molecule has 206 valence electrons. The molecule has 3 aromatic carbocycles. The summed E-state index contributed by atoms with van der Waals surface area (Å²) in [5.74, 6) is -5.67. The highest BCUT2D eigenvalue weighted by atomic mass is 19.4. The zero-order valence-electron chi connectivity index (χ0n) is 20.7. The third-order valence-corrected chi connectivity index (χ3v) is 7.51. The van der Waals surface area contributed by atoms with Crippen molar-refractivity contribution in [1.82, 2.24) is 10.2 Å². The monoisotopic (exact) mass is 553 g/mol. The van der Waals surface area contributed by atoms with Crippen LogP contribution in [0.1, 0.15) is 28.3 Å². The second kappa shape index (κ2) is 9.87. The number of hydrogen-bond acceptors (Lipinski definition) is 6. The fourth-order valence-corrected chi connectivity index (χ4v) is 5.67. The second-order valence-corrected chi connectivity index (χ2v) is 9.87. The summed E-state index contributed by atoms with van der Waals surface area (Å²) in [5.41, 5.74) is -2.34. The normalized spacial score (nSPS) is 24.3. The number of imide groups is 1. The molecule has 2 fully saturated rings. The van der Waals surface area contributed by atoms with E-state index in [9.17, 15) is 42.8 Å². The summed E-state index contributed by atoms with van der Waals surface area (Å²) in [6, 6.07) is 16.6. The molecule has 5 rings (SSSR count). The minimum Gasteiger partial charge on any atom is -0.480 e. The van der Waals surface area contributed by atoms with Crippen LogP contribution in [-0.4, -0.2) is 38.3 Å². The Labute approximate surface area is 225 Å². The fourth-order valence-electron chi connectivity index (χ4n) is 5.67. The third kappa shape index (κ3) is 4.60. The fraction of sp³-hybridized carbons (Fsp3) is 0.250. The van der Waals surface area contributed by atoms with Crippen molar-refractivity contribution < 1.29 is 37.6 Å². The zero-order valence-corrected chi connectivity index (χ0v) is 20.7. The minimum atomic E-state index is -4.69. The highest BCUT2D eigenvalue weighted by Crippen LogP contribution is 2.50. The van der Waals surface area contributed by atoms with E-state index in [0.717, 1.165) is 23.1 Å². The van der Waals surface area contributed by atoms with Gasteiger partial charge in [0.2, 0.25) is 11.8 Å². The molecular formula is C28H22F3N3O6. The third-order valence-electron chi connectivity index (χ3n) is 7.51. The number of benzene rings is 3. The van der Waals surface area contributed by atoms with Gasteiger partial charge in [0, 0.05) is 24.6 Å². The van der Waals surface area contributed by atoms with Crippen molar-refractivity contribution in [2.75, 3.05) is 0 Å². The summed E-state index contributed by atoms with van der Waals surface area (Å²) in [5, 5.41) is 24.4. The Morgan fingerprint density at radius 1 is 0.975 bits per heavy atom. The predicted molar refractivity (Wildman–Crippen MR) is 133 cm³/mol. The lowest BCUT2D eigenvalue weighted by Crippen LogP contribution is -2.57. The molecule has 3 aromatic rings. The second-order valence-electron chi connectivity index (χ2n) is 9.87. The summed E-state index contributed by atoms with van der Waals surface area (Å²) in [6.45, 7) is -0.131. The van der Waals surface area contributed by atoms with Crippen LogP contribution in [0, 0.1) is 22.0 Å². The lowest BCUT2D eigenvalue weighted by atomic mass is 9.76. The molecule has 2 amide bonds. The van der Waals surface area contributed by atoms with Gasteiger partial charge >= 0.3 is 12.1 Å². The molecule has 0 aliphatic carbocycles. The van der Waals surface area contributed by atoms with Gasteiger partial charge in [0.15, 0.2) is 0 Å². The molecule has 40 heavy (non-hydrogen) atoms. The molecule has 9 nitrogen and oxygen atoms in total. The van der Waals surface area contributed by atoms with Crippen molar-refractivity contribution in [3.8, 4) is 0 Å². The largest absolute Gasteiger partial charge is 0.480 e. The van der Waals surface area contributed by atoms with Crippen LogP contribution in [0.3, 0.4) is 0 Å². The number of carboxylic acids is 1. The van der Waals surface area contributed by atoms with Crippen molar-refractivity contribution in [1.29, 1.82) is 0 Å². The number of halogens is 3. The van der Waals surface area contributed by atoms with Crippen LogP contribution in [0.25, 0.3) is 0 Å². The number of carboxylic acid groups (broad SMARTS) is 1. The molecule has 2 N–H and O–H groups in total. The van der Waals surface area contributed by atoms with E-state index in [2.05, 4.69) is 5.32 Å². The Morgan fingerprint density at radius 3 is 2.25 bits per heavy atom. The lowest BCUT2D eigenvalue weighted by Gasteiger charge is -2.31. The van der Waals surface area contributed by atoms with Gasteiger partial charge in [0.05, 0.1) is 28.9 Å². The first-order chi connectivity index (χ1) is 18.9. The summed E-state index contributed by atoms with van der Waals surface area (Å²) in [6.07, 6.45) is -5.04. The van der Waals surface area contributed by atoms with Gasteiger partial charge in [-0.25, -0.2) is 0 Å². The topological polar surface area (TPSA) is 130 Å². The maximum absolute atomic E-state index is 13.8. The summed E-state index contributed by atoms with van der Waals surface area (Å²) < 4.78 is 40.6. The molecule has 4 unspecified atom stereocenters. The molecule has 4 atom stereocenters. The molecule has 2 aliphatic heterocycles. The van der Waals surface area contributed by atoms with Crippen LogP contribution in [-0.2, 0) is 33.5 Å². The highest BCUT2D eigenvalue weighted by molar-refractivity contribution is 6.09. The first kappa shape index (κ1) is 27.0. The van der Waals surface area contributed by atoms with Gasteiger partial charge < -0.3 is 5.11 Å². The highest BCUT2D eigenvalue weighted by Gasteiger charge is 2.68. The molecule has 2 heterocycles. The number of fused-ring (bicyclic) bond motifs is 1. The van der Waals surface area contributed by atoms with E-state index >= 15 is 0 Å². The average Bonchev–Trinajstić information content (AvgIpc) is 3.39. The molecule has 0 saturated carbocycles. The number of nitro benzene ring substituents is 1. The van der Waals surface area contributed by atoms with Gasteiger partial charge in [-0.05, 0) is 28.8 Å². The summed E-state index contributed by atoms with van der Waals surface area (Å²) >= 11 is 0. The molecule has 0 spiro atoms. The van der Waals surface area contributed by atoms with Crippen LogP contribution in [0.4, 0.5) is 18.9 Å². The molecule has 12 heteroatoms. The molecule has 0 radical (unpaired) electrons. The molecule has 0 aromatic heterocycles. The lowest BCUT2D eigenvalue weighted by molar-refractivity contribution is -0.384. The number of non-ortho nitro benzene ring substituents is 1. The van der Waals surface area contributed by atoms with Crippen LogP contribution in [0.5, 0.6) is 0 Å². The zero-order chi connectivity index (χ0) is 28.8. The van der Waals surface area contributed by atoms with E-state index in [1.54, 1.807) is 30.3 Å². The smallest absolute Gasteiger partial charge is 0.416 e. The predicted octanol–water partition coefficient (Wildman–Crippen LogP) is 4.13. The van der Waals surface area contributed by atoms with Crippen LogP contribution in [0.2, 0.25) is 0 Å². The molecule has 2 saturated heterocycles. The maximum atomic E-state index is 13.8. The number of nitrogens with zero attached hydrogens (tertiary/aromatic N) is 2. The van der Waals surface area contributed by atoms with E-state index in [-0.39, 0.29) is 24.2 Å². The van der Waals surface area contributed by atoms with Gasteiger partial charge in [-0.3, -0.25) is 34.7 Å². The van der Waals surface area contributed by atoms with Crippen molar-refractivity contribution in [3.05, 3.63) is 111 Å². The molecule has 0 bridgehead atoms. The number of rotatable bonds is 7. The SMILES string of the molecule is O=C1C2C(c3cccc(C(F)(F)F)c3)NC(Cc3ccc([N+](=O)[O-])cc3)(C(=O)O)C2C(=O)N1Cc1ccccc1. The number of carbonyl (C=O) groups excluding carboxylic acids is 2. The van der Waals surface area contributed by atoms with Crippen LogP contribution < -0.4 is 5.32 Å². The Morgan fingerprint density at radius 2 is 1.65 bits per heavy atom. The van der Waals surface area contributed by atoms with Crippen LogP contribution >= 0.6 is 0 Å². The number of aliphatic carboxylic acids is 1. The number of amides is 2. The first-order valence-corrected chi connectivity index (χ1v) is 12.2. The van der Waals surface area contributed by atoms with Crippen LogP contribution in [0.15, 0.2) is 78.9 Å². The van der Waals surface area contributed by atoms with Gasteiger partial charge in [-0.1, -0.05) is 54.6 Å². The van der Waals surface area contributed by atoms with Gasteiger partial charge in [0.25, 0.3) is 5.69 Å². The Kier molecular flexibility index (Phi) is 6.66. The number of hydrogen-bond donors (Lipinski definition) is 2. The Balaban J connectivity index is 1.61. The van der Waals surface area contributed by atoms with Gasteiger partial charge in [0.1, 0.15) is 5.54 Å². The number of carbonyl (C=O) groups is 3. The van der Waals surface area contributed by atoms with E-state index in [0.29, 0.717) is 11.1 Å². The first-order valence-electron chi connectivity index (χ1n) is 12.2. The average molecular weight is 553 g/mol. The Hall–Kier alpha value is -4.58. The van der Waals surface area contributed by atoms with E-state index in [1.165, 1.54) is 30.3 Å². The summed E-state index contributed by atoms with van der Waals surface area (Å²) in [4.78, 5) is 51.9. The number of nitro groups is 1. The number of nitrogens with one attached hydrogen (secondary N) is 1.